The molecule has 1 heterocycles. The lowest BCUT2D eigenvalue weighted by atomic mass is 10.2. The van der Waals surface area contributed by atoms with Gasteiger partial charge < -0.3 is 15.2 Å². The Kier molecular flexibility index (Phi) is 6.93. The molecule has 0 aromatic carbocycles. The molecule has 1 saturated carbocycles. The Balaban J connectivity index is 1.41. The van der Waals surface area contributed by atoms with Crippen molar-refractivity contribution in [3.05, 3.63) is 16.1 Å². The van der Waals surface area contributed by atoms with Gasteiger partial charge in [0.05, 0.1) is 30.5 Å². The van der Waals surface area contributed by atoms with Crippen molar-refractivity contribution >= 4 is 11.3 Å². The maximum absolute atomic E-state index is 9.78. The molecule has 1 unspecified atom stereocenters. The third-order valence-corrected chi connectivity index (χ3v) is 4.67. The molecule has 0 amide bonds. The number of nitrogens with zero attached hydrogens (tertiary/aromatic N) is 1. The van der Waals surface area contributed by atoms with Gasteiger partial charge in [0.2, 0.25) is 0 Å². The van der Waals surface area contributed by atoms with Crippen molar-refractivity contribution in [1.82, 2.24) is 10.3 Å². The predicted molar refractivity (Wildman–Crippen MR) is 82.2 cm³/mol. The SMILES string of the molecule is Cc1ncsc1CCOCC(O)CNCCCC1CC1. The van der Waals surface area contributed by atoms with Crippen LogP contribution in [0.4, 0.5) is 0 Å². The highest BCUT2D eigenvalue weighted by atomic mass is 32.1. The minimum Gasteiger partial charge on any atom is -0.389 e. The normalized spacial score (nSPS) is 16.5. The molecular weight excluding hydrogens is 272 g/mol. The largest absolute Gasteiger partial charge is 0.389 e. The number of nitrogens with one attached hydrogen (secondary N) is 1. The van der Waals surface area contributed by atoms with Crippen LogP contribution in [0.2, 0.25) is 0 Å². The molecule has 0 saturated heterocycles. The van der Waals surface area contributed by atoms with E-state index in [4.69, 9.17) is 4.74 Å². The molecular formula is C15H26N2O2S. The molecule has 0 bridgehead atoms. The summed E-state index contributed by atoms with van der Waals surface area (Å²) in [4.78, 5) is 5.48. The molecule has 1 aliphatic rings. The summed E-state index contributed by atoms with van der Waals surface area (Å²) < 4.78 is 5.52. The van der Waals surface area contributed by atoms with Crippen molar-refractivity contribution in [2.24, 2.45) is 5.92 Å². The summed E-state index contributed by atoms with van der Waals surface area (Å²) in [5, 5.41) is 13.1. The summed E-state index contributed by atoms with van der Waals surface area (Å²) in [6, 6.07) is 0. The average Bonchev–Trinajstić information content (AvgIpc) is 3.17. The Bertz CT molecular complexity index is 380. The molecule has 0 radical (unpaired) electrons. The maximum atomic E-state index is 9.78. The Hall–Kier alpha value is -0.490. The highest BCUT2D eigenvalue weighted by molar-refractivity contribution is 7.09. The molecule has 2 N–H and O–H groups in total. The van der Waals surface area contributed by atoms with Gasteiger partial charge in [0, 0.05) is 17.8 Å². The zero-order valence-corrected chi connectivity index (χ0v) is 13.1. The van der Waals surface area contributed by atoms with E-state index in [9.17, 15) is 5.11 Å². The van der Waals surface area contributed by atoms with Gasteiger partial charge in [-0.3, -0.25) is 0 Å². The molecule has 114 valence electrons. The fourth-order valence-corrected chi connectivity index (χ4v) is 2.96. The van der Waals surface area contributed by atoms with Gasteiger partial charge in [0.1, 0.15) is 0 Å². The van der Waals surface area contributed by atoms with E-state index in [1.807, 2.05) is 12.4 Å². The molecule has 2 rings (SSSR count). The molecule has 0 spiro atoms. The highest BCUT2D eigenvalue weighted by Gasteiger charge is 2.19. The fraction of sp³-hybridized carbons (Fsp3) is 0.800. The van der Waals surface area contributed by atoms with Gasteiger partial charge in [-0.05, 0) is 32.2 Å². The van der Waals surface area contributed by atoms with E-state index >= 15 is 0 Å². The summed E-state index contributed by atoms with van der Waals surface area (Å²) >= 11 is 1.67. The van der Waals surface area contributed by atoms with Gasteiger partial charge in [-0.25, -0.2) is 4.98 Å². The average molecular weight is 298 g/mol. The van der Waals surface area contributed by atoms with Crippen LogP contribution in [0.3, 0.4) is 0 Å². The first-order valence-electron chi connectivity index (χ1n) is 7.61. The van der Waals surface area contributed by atoms with Crippen LogP contribution in [0.25, 0.3) is 0 Å². The van der Waals surface area contributed by atoms with Crippen LogP contribution in [-0.2, 0) is 11.2 Å². The number of rotatable bonds is 11. The second-order valence-electron chi connectivity index (χ2n) is 5.63. The Labute approximate surface area is 125 Å². The minimum absolute atomic E-state index is 0.404. The molecule has 0 aliphatic heterocycles. The van der Waals surface area contributed by atoms with Crippen molar-refractivity contribution in [1.29, 1.82) is 0 Å². The number of aryl methyl sites for hydroxylation is 1. The van der Waals surface area contributed by atoms with Crippen LogP contribution >= 0.6 is 11.3 Å². The smallest absolute Gasteiger partial charge is 0.0897 e. The lowest BCUT2D eigenvalue weighted by molar-refractivity contribution is 0.0385. The van der Waals surface area contributed by atoms with Gasteiger partial charge in [0.15, 0.2) is 0 Å². The quantitative estimate of drug-likeness (QED) is 0.615. The molecule has 1 aromatic heterocycles. The van der Waals surface area contributed by atoms with Crippen LogP contribution in [-0.4, -0.2) is 42.5 Å². The summed E-state index contributed by atoms with van der Waals surface area (Å²) in [6.45, 7) is 4.72. The van der Waals surface area contributed by atoms with E-state index in [0.717, 1.165) is 24.6 Å². The van der Waals surface area contributed by atoms with E-state index in [1.165, 1.54) is 30.6 Å². The third-order valence-electron chi connectivity index (χ3n) is 3.67. The second-order valence-corrected chi connectivity index (χ2v) is 6.57. The third kappa shape index (κ3) is 6.31. The highest BCUT2D eigenvalue weighted by Crippen LogP contribution is 2.33. The van der Waals surface area contributed by atoms with E-state index in [1.54, 1.807) is 11.3 Å². The Morgan fingerprint density at radius 3 is 3.10 bits per heavy atom. The molecule has 1 aromatic rings. The molecule has 1 atom stereocenters. The van der Waals surface area contributed by atoms with Crippen LogP contribution in [0, 0.1) is 12.8 Å². The molecule has 5 heteroatoms. The van der Waals surface area contributed by atoms with Crippen molar-refractivity contribution in [2.75, 3.05) is 26.3 Å². The monoisotopic (exact) mass is 298 g/mol. The van der Waals surface area contributed by atoms with Gasteiger partial charge in [0.25, 0.3) is 0 Å². The first-order valence-corrected chi connectivity index (χ1v) is 8.49. The lowest BCUT2D eigenvalue weighted by Gasteiger charge is -2.12. The first kappa shape index (κ1) is 15.9. The van der Waals surface area contributed by atoms with Crippen LogP contribution in [0.1, 0.15) is 36.3 Å². The number of aromatic nitrogens is 1. The van der Waals surface area contributed by atoms with Crippen molar-refractivity contribution < 1.29 is 9.84 Å². The summed E-state index contributed by atoms with van der Waals surface area (Å²) in [5.41, 5.74) is 2.96. The van der Waals surface area contributed by atoms with Gasteiger partial charge in [-0.1, -0.05) is 12.8 Å². The first-order chi connectivity index (χ1) is 9.75. The van der Waals surface area contributed by atoms with Crippen LogP contribution < -0.4 is 5.32 Å². The zero-order chi connectivity index (χ0) is 14.2. The fourth-order valence-electron chi connectivity index (χ4n) is 2.20. The van der Waals surface area contributed by atoms with Crippen LogP contribution in [0.15, 0.2) is 5.51 Å². The Morgan fingerprint density at radius 1 is 1.55 bits per heavy atom. The number of aliphatic hydroxyl groups is 1. The lowest BCUT2D eigenvalue weighted by Crippen LogP contribution is -2.31. The molecule has 1 aliphatic carbocycles. The molecule has 1 fully saturated rings. The summed E-state index contributed by atoms with van der Waals surface area (Å²) in [7, 11) is 0. The van der Waals surface area contributed by atoms with Crippen molar-refractivity contribution in [3.8, 4) is 0 Å². The number of thiazole rings is 1. The maximum Gasteiger partial charge on any atom is 0.0897 e. The number of hydrogen-bond donors (Lipinski definition) is 2. The number of ether oxygens (including phenoxy) is 1. The second kappa shape index (κ2) is 8.72. The summed E-state index contributed by atoms with van der Waals surface area (Å²) in [5.74, 6) is 1.00. The van der Waals surface area contributed by atoms with Gasteiger partial charge in [-0.2, -0.15) is 0 Å². The van der Waals surface area contributed by atoms with E-state index in [-0.39, 0.29) is 0 Å². The molecule has 20 heavy (non-hydrogen) atoms. The zero-order valence-electron chi connectivity index (χ0n) is 12.3. The topological polar surface area (TPSA) is 54.4 Å². The van der Waals surface area contributed by atoms with E-state index in [2.05, 4.69) is 10.3 Å². The predicted octanol–water partition coefficient (Wildman–Crippen LogP) is 2.15. The molecule has 4 nitrogen and oxygen atoms in total. The standard InChI is InChI=1S/C15H26N2O2S/c1-12-15(20-11-17-12)6-8-19-10-14(18)9-16-7-2-3-13-4-5-13/h11,13-14,16,18H,2-10H2,1H3. The Morgan fingerprint density at radius 2 is 2.40 bits per heavy atom. The van der Waals surface area contributed by atoms with Crippen molar-refractivity contribution in [2.45, 2.75) is 45.1 Å². The van der Waals surface area contributed by atoms with Crippen molar-refractivity contribution in [3.63, 3.8) is 0 Å². The van der Waals surface area contributed by atoms with Crippen LogP contribution in [0.5, 0.6) is 0 Å². The van der Waals surface area contributed by atoms with E-state index in [0.29, 0.717) is 19.8 Å². The number of aliphatic hydroxyl groups excluding tert-OH is 1. The van der Waals surface area contributed by atoms with E-state index < -0.39 is 6.10 Å². The number of hydrogen-bond acceptors (Lipinski definition) is 5. The minimum atomic E-state index is -0.404. The van der Waals surface area contributed by atoms with Gasteiger partial charge >= 0.3 is 0 Å². The summed E-state index contributed by atoms with van der Waals surface area (Å²) in [6.07, 6.45) is 5.90. The van der Waals surface area contributed by atoms with Gasteiger partial charge in [-0.15, -0.1) is 11.3 Å².